The minimum absolute atomic E-state index is 0.519. The van der Waals surface area contributed by atoms with Crippen LogP contribution in [0.1, 0.15) is 10.4 Å². The lowest BCUT2D eigenvalue weighted by Crippen LogP contribution is -1.87. The van der Waals surface area contributed by atoms with Crippen molar-refractivity contribution in [2.75, 3.05) is 14.2 Å². The van der Waals surface area contributed by atoms with Gasteiger partial charge in [0.15, 0.2) is 6.29 Å². The monoisotopic (exact) mass is 324 g/mol. The Morgan fingerprint density at radius 3 is 1.95 bits per heavy atom. The summed E-state index contributed by atoms with van der Waals surface area (Å²) in [5.74, 6) is 1.16. The van der Waals surface area contributed by atoms with E-state index in [1.807, 2.05) is 6.07 Å². The van der Waals surface area contributed by atoms with Crippen LogP contribution in [0.2, 0.25) is 0 Å². The summed E-state index contributed by atoms with van der Waals surface area (Å²) in [6.45, 7) is 0. The van der Waals surface area contributed by atoms with Gasteiger partial charge in [-0.1, -0.05) is 0 Å². The Morgan fingerprint density at radius 1 is 1.00 bits per heavy atom. The third kappa shape index (κ3) is 5.48. The Labute approximate surface area is 119 Å². The molecule has 0 spiro atoms. The summed E-state index contributed by atoms with van der Waals surface area (Å²) in [7, 11) is 3.12. The minimum atomic E-state index is 0.519. The van der Waals surface area contributed by atoms with Gasteiger partial charge in [0.2, 0.25) is 11.8 Å². The lowest BCUT2D eigenvalue weighted by Gasteiger charge is -1.95. The Morgan fingerprint density at radius 2 is 1.58 bits per heavy atom. The number of nitrogens with zero attached hydrogens (tertiary/aromatic N) is 2. The quantitative estimate of drug-likeness (QED) is 0.812. The van der Waals surface area contributed by atoms with Gasteiger partial charge >= 0.3 is 0 Å². The first-order valence-corrected chi connectivity index (χ1v) is 6.09. The Kier molecular flexibility index (Phi) is 6.52. The molecule has 0 amide bonds. The maximum Gasteiger partial charge on any atom is 0.212 e. The zero-order valence-electron chi connectivity index (χ0n) is 10.5. The van der Waals surface area contributed by atoms with Crippen LogP contribution >= 0.6 is 15.9 Å². The summed E-state index contributed by atoms with van der Waals surface area (Å²) in [5.41, 5.74) is 0.556. The van der Waals surface area contributed by atoms with Crippen LogP contribution in [0.4, 0.5) is 0 Å². The highest BCUT2D eigenvalue weighted by atomic mass is 79.9. The summed E-state index contributed by atoms with van der Waals surface area (Å²) >= 11 is 3.26. The Bertz CT molecular complexity index is 500. The van der Waals surface area contributed by atoms with Crippen LogP contribution in [0.5, 0.6) is 11.8 Å². The van der Waals surface area contributed by atoms with E-state index in [-0.39, 0.29) is 0 Å². The second-order valence-corrected chi connectivity index (χ2v) is 4.19. The van der Waals surface area contributed by atoms with Gasteiger partial charge in [0.25, 0.3) is 0 Å². The number of rotatable bonds is 3. The molecule has 0 aliphatic carbocycles. The molecule has 100 valence electrons. The van der Waals surface area contributed by atoms with Crippen molar-refractivity contribution in [2.45, 2.75) is 0 Å². The van der Waals surface area contributed by atoms with Crippen molar-refractivity contribution >= 4 is 22.2 Å². The zero-order chi connectivity index (χ0) is 14.1. The number of carbonyl (C=O) groups excluding carboxylic acids is 1. The SMILES string of the molecule is COc1ccc(Br)cn1.COc1ccc(C=O)cn1. The number of aldehydes is 1. The number of pyridine rings is 2. The molecule has 0 saturated carbocycles. The average Bonchev–Trinajstić information content (AvgIpc) is 2.49. The highest BCUT2D eigenvalue weighted by molar-refractivity contribution is 9.10. The van der Waals surface area contributed by atoms with Crippen molar-refractivity contribution in [3.63, 3.8) is 0 Å². The third-order valence-electron chi connectivity index (χ3n) is 2.01. The van der Waals surface area contributed by atoms with E-state index in [2.05, 4.69) is 25.9 Å². The van der Waals surface area contributed by atoms with E-state index in [1.165, 1.54) is 13.3 Å². The fraction of sp³-hybridized carbons (Fsp3) is 0.154. The van der Waals surface area contributed by atoms with Crippen molar-refractivity contribution in [1.29, 1.82) is 0 Å². The van der Waals surface area contributed by atoms with Crippen LogP contribution in [0.25, 0.3) is 0 Å². The van der Waals surface area contributed by atoms with E-state index in [1.54, 1.807) is 31.5 Å². The highest BCUT2D eigenvalue weighted by Crippen LogP contribution is 2.10. The average molecular weight is 325 g/mol. The van der Waals surface area contributed by atoms with Gasteiger partial charge in [0.1, 0.15) is 0 Å². The maximum atomic E-state index is 10.1. The fourth-order valence-corrected chi connectivity index (χ4v) is 1.30. The maximum absolute atomic E-state index is 10.1. The van der Waals surface area contributed by atoms with Crippen LogP contribution in [0.15, 0.2) is 41.1 Å². The van der Waals surface area contributed by atoms with E-state index < -0.39 is 0 Å². The predicted octanol–water partition coefficient (Wildman–Crippen LogP) is 2.76. The smallest absolute Gasteiger partial charge is 0.212 e. The largest absolute Gasteiger partial charge is 0.481 e. The van der Waals surface area contributed by atoms with Crippen LogP contribution in [-0.4, -0.2) is 30.5 Å². The second kappa shape index (κ2) is 8.20. The van der Waals surface area contributed by atoms with Gasteiger partial charge in [-0.05, 0) is 28.1 Å². The number of methoxy groups -OCH3 is 2. The first-order chi connectivity index (χ1) is 9.19. The molecule has 0 bridgehead atoms. The van der Waals surface area contributed by atoms with Gasteiger partial charge in [-0.15, -0.1) is 0 Å². The van der Waals surface area contributed by atoms with E-state index in [4.69, 9.17) is 9.47 Å². The normalized spacial score (nSPS) is 9.00. The van der Waals surface area contributed by atoms with E-state index in [0.29, 0.717) is 17.3 Å². The van der Waals surface area contributed by atoms with Crippen molar-refractivity contribution in [3.05, 3.63) is 46.7 Å². The molecular formula is C13H13BrN2O3. The highest BCUT2D eigenvalue weighted by Gasteiger charge is 1.91. The molecule has 2 rings (SSSR count). The van der Waals surface area contributed by atoms with Crippen LogP contribution in [-0.2, 0) is 0 Å². The van der Waals surface area contributed by atoms with Crippen molar-refractivity contribution in [2.24, 2.45) is 0 Å². The zero-order valence-corrected chi connectivity index (χ0v) is 12.1. The van der Waals surface area contributed by atoms with Crippen LogP contribution < -0.4 is 9.47 Å². The summed E-state index contributed by atoms with van der Waals surface area (Å²) in [4.78, 5) is 17.9. The van der Waals surface area contributed by atoms with Gasteiger partial charge in [0.05, 0.1) is 14.2 Å². The van der Waals surface area contributed by atoms with E-state index in [9.17, 15) is 4.79 Å². The lowest BCUT2D eigenvalue weighted by molar-refractivity contribution is 0.112. The van der Waals surface area contributed by atoms with E-state index >= 15 is 0 Å². The van der Waals surface area contributed by atoms with Crippen molar-refractivity contribution < 1.29 is 14.3 Å². The first-order valence-electron chi connectivity index (χ1n) is 5.30. The molecule has 0 aliphatic rings. The molecule has 19 heavy (non-hydrogen) atoms. The first kappa shape index (κ1) is 15.1. The van der Waals surface area contributed by atoms with Crippen molar-refractivity contribution in [3.8, 4) is 11.8 Å². The standard InChI is InChI=1S/C7H7NO2.C6H6BrNO/c1-10-7-3-2-6(5-9)4-8-7;1-9-6-3-2-5(7)4-8-6/h2-5H,1H3;2-4H,1H3. The Hall–Kier alpha value is -1.95. The number of hydrogen-bond acceptors (Lipinski definition) is 5. The summed E-state index contributed by atoms with van der Waals surface area (Å²) in [6, 6.07) is 6.97. The molecule has 2 aromatic heterocycles. The molecular weight excluding hydrogens is 312 g/mol. The van der Waals surface area contributed by atoms with Gasteiger partial charge in [0, 0.05) is 34.6 Å². The molecule has 0 fully saturated rings. The molecule has 2 heterocycles. The van der Waals surface area contributed by atoms with Gasteiger partial charge in [-0.2, -0.15) is 0 Å². The molecule has 2 aromatic rings. The molecule has 0 N–H and O–H groups in total. The molecule has 0 unspecified atom stereocenters. The molecule has 0 radical (unpaired) electrons. The number of aromatic nitrogens is 2. The molecule has 0 aliphatic heterocycles. The topological polar surface area (TPSA) is 61.3 Å². The third-order valence-corrected chi connectivity index (χ3v) is 2.48. The van der Waals surface area contributed by atoms with Gasteiger partial charge < -0.3 is 9.47 Å². The predicted molar refractivity (Wildman–Crippen MR) is 74.7 cm³/mol. The summed E-state index contributed by atoms with van der Waals surface area (Å²) in [6.07, 6.45) is 3.90. The summed E-state index contributed by atoms with van der Waals surface area (Å²) < 4.78 is 10.6. The van der Waals surface area contributed by atoms with E-state index in [0.717, 1.165) is 10.8 Å². The second-order valence-electron chi connectivity index (χ2n) is 3.27. The molecule has 0 saturated heterocycles. The lowest BCUT2D eigenvalue weighted by atomic mass is 10.3. The number of ether oxygens (including phenoxy) is 2. The summed E-state index contributed by atoms with van der Waals surface area (Å²) in [5, 5.41) is 0. The molecule has 0 aromatic carbocycles. The number of carbonyl (C=O) groups is 1. The van der Waals surface area contributed by atoms with Gasteiger partial charge in [-0.3, -0.25) is 4.79 Å². The number of hydrogen-bond donors (Lipinski definition) is 0. The van der Waals surface area contributed by atoms with Crippen LogP contribution in [0.3, 0.4) is 0 Å². The van der Waals surface area contributed by atoms with Crippen molar-refractivity contribution in [1.82, 2.24) is 9.97 Å². The minimum Gasteiger partial charge on any atom is -0.481 e. The van der Waals surface area contributed by atoms with Gasteiger partial charge in [-0.25, -0.2) is 9.97 Å². The van der Waals surface area contributed by atoms with Crippen LogP contribution in [0, 0.1) is 0 Å². The Balaban J connectivity index is 0.000000191. The fourth-order valence-electron chi connectivity index (χ4n) is 1.07. The molecule has 5 nitrogen and oxygen atoms in total. The number of halogens is 1. The molecule has 6 heteroatoms. The molecule has 0 atom stereocenters.